The van der Waals surface area contributed by atoms with Crippen molar-refractivity contribution >= 4 is 22.6 Å². The van der Waals surface area contributed by atoms with Crippen LogP contribution in [0.3, 0.4) is 0 Å². The van der Waals surface area contributed by atoms with Crippen molar-refractivity contribution < 1.29 is 9.32 Å². The van der Waals surface area contributed by atoms with E-state index in [0.717, 1.165) is 28.8 Å². The van der Waals surface area contributed by atoms with E-state index in [1.807, 2.05) is 56.3 Å². The third kappa shape index (κ3) is 3.82. The van der Waals surface area contributed by atoms with Gasteiger partial charge in [0, 0.05) is 30.8 Å². The van der Waals surface area contributed by atoms with Crippen LogP contribution in [0.2, 0.25) is 0 Å². The van der Waals surface area contributed by atoms with E-state index in [2.05, 4.69) is 15.1 Å². The van der Waals surface area contributed by atoms with Crippen molar-refractivity contribution in [3.8, 4) is 11.4 Å². The Morgan fingerprint density at radius 1 is 1.06 bits per heavy atom. The lowest BCUT2D eigenvalue weighted by molar-refractivity contribution is -0.117. The Labute approximate surface area is 190 Å². The third-order valence-electron chi connectivity index (χ3n) is 6.08. The van der Waals surface area contributed by atoms with Gasteiger partial charge < -0.3 is 14.0 Å². The number of anilines is 1. The summed E-state index contributed by atoms with van der Waals surface area (Å²) in [4.78, 5) is 35.9. The number of carbonyl (C=O) groups excluding carboxylic acids is 1. The minimum absolute atomic E-state index is 0.0443. The fraction of sp³-hybridized carbons (Fsp3) is 0.320. The summed E-state index contributed by atoms with van der Waals surface area (Å²) < 4.78 is 7.31. The van der Waals surface area contributed by atoms with Crippen LogP contribution in [0, 0.1) is 13.8 Å². The van der Waals surface area contributed by atoms with Crippen molar-refractivity contribution in [3.63, 3.8) is 0 Å². The van der Waals surface area contributed by atoms with E-state index in [9.17, 15) is 9.59 Å². The lowest BCUT2D eigenvalue weighted by atomic mass is 10.1. The maximum atomic E-state index is 12.6. The van der Waals surface area contributed by atoms with E-state index in [0.29, 0.717) is 42.4 Å². The molecule has 5 rings (SSSR count). The predicted octanol–water partition coefficient (Wildman–Crippen LogP) is 3.99. The topological polar surface area (TPSA) is 94.1 Å². The van der Waals surface area contributed by atoms with Crippen molar-refractivity contribution in [1.29, 1.82) is 0 Å². The summed E-state index contributed by atoms with van der Waals surface area (Å²) in [5.41, 5.74) is 4.68. The number of benzene rings is 2. The van der Waals surface area contributed by atoms with Crippen LogP contribution in [0.15, 0.2) is 51.8 Å². The van der Waals surface area contributed by atoms with Gasteiger partial charge in [0.2, 0.25) is 17.6 Å². The van der Waals surface area contributed by atoms with Crippen LogP contribution in [-0.2, 0) is 11.3 Å². The Morgan fingerprint density at radius 3 is 2.61 bits per heavy atom. The molecule has 168 valence electrons. The standard InChI is InChI=1S/C25H25N5O3/c1-4-11-29-21-10-7-17(12-20(21)26-16(3)25(29)32)23-27-24(33-28-23)18-13-22(31)30(14-18)19-8-5-15(2)6-9-19/h5-10,12,18H,4,11,13-14H2,1-3H3/t18-/m0/s1. The second-order valence-corrected chi connectivity index (χ2v) is 8.55. The predicted molar refractivity (Wildman–Crippen MR) is 125 cm³/mol. The molecule has 0 N–H and O–H groups in total. The molecule has 0 saturated carbocycles. The van der Waals surface area contributed by atoms with Gasteiger partial charge in [0.15, 0.2) is 0 Å². The van der Waals surface area contributed by atoms with E-state index in [1.165, 1.54) is 0 Å². The zero-order valence-corrected chi connectivity index (χ0v) is 18.9. The summed E-state index contributed by atoms with van der Waals surface area (Å²) in [6.07, 6.45) is 1.19. The average molecular weight is 444 g/mol. The molecule has 0 bridgehead atoms. The molecule has 2 aromatic carbocycles. The minimum atomic E-state index is -0.157. The molecule has 33 heavy (non-hydrogen) atoms. The molecule has 0 unspecified atom stereocenters. The largest absolute Gasteiger partial charge is 0.339 e. The summed E-state index contributed by atoms with van der Waals surface area (Å²) in [6.45, 7) is 6.93. The van der Waals surface area contributed by atoms with Crippen LogP contribution < -0.4 is 10.5 Å². The molecule has 0 aliphatic carbocycles. The second kappa shape index (κ2) is 8.27. The number of hydrogen-bond acceptors (Lipinski definition) is 6. The zero-order chi connectivity index (χ0) is 23.1. The highest BCUT2D eigenvalue weighted by Gasteiger charge is 2.35. The first-order valence-electron chi connectivity index (χ1n) is 11.2. The van der Waals surface area contributed by atoms with Gasteiger partial charge in [-0.3, -0.25) is 9.59 Å². The number of amides is 1. The SMILES string of the molecule is CCCn1c(=O)c(C)nc2cc(-c3noc([C@H]4CC(=O)N(c5ccc(C)cc5)C4)n3)ccc21. The van der Waals surface area contributed by atoms with Crippen molar-refractivity contribution in [1.82, 2.24) is 19.7 Å². The highest BCUT2D eigenvalue weighted by Crippen LogP contribution is 2.32. The van der Waals surface area contributed by atoms with E-state index < -0.39 is 0 Å². The molecule has 1 amide bonds. The number of aryl methyl sites for hydroxylation is 3. The highest BCUT2D eigenvalue weighted by molar-refractivity contribution is 5.96. The molecule has 1 aliphatic rings. The summed E-state index contributed by atoms with van der Waals surface area (Å²) >= 11 is 0. The number of nitrogens with zero attached hydrogens (tertiary/aromatic N) is 5. The fourth-order valence-corrected chi connectivity index (χ4v) is 4.32. The Morgan fingerprint density at radius 2 is 1.85 bits per heavy atom. The lowest BCUT2D eigenvalue weighted by Gasteiger charge is -2.16. The Bertz CT molecular complexity index is 1400. The minimum Gasteiger partial charge on any atom is -0.339 e. The number of hydrogen-bond donors (Lipinski definition) is 0. The van der Waals surface area contributed by atoms with Gasteiger partial charge in [-0.15, -0.1) is 0 Å². The van der Waals surface area contributed by atoms with Crippen molar-refractivity contribution in [3.05, 3.63) is 70.0 Å². The van der Waals surface area contributed by atoms with Gasteiger partial charge in [-0.25, -0.2) is 4.98 Å². The molecule has 8 heteroatoms. The Hall–Kier alpha value is -3.81. The number of carbonyl (C=O) groups is 1. The molecule has 1 fully saturated rings. The van der Waals surface area contributed by atoms with E-state index >= 15 is 0 Å². The first-order chi connectivity index (χ1) is 15.9. The summed E-state index contributed by atoms with van der Waals surface area (Å²) in [5.74, 6) is 0.785. The van der Waals surface area contributed by atoms with Crippen LogP contribution in [0.1, 0.15) is 42.8 Å². The molecule has 3 heterocycles. The number of aromatic nitrogens is 4. The maximum Gasteiger partial charge on any atom is 0.272 e. The molecular formula is C25H25N5O3. The van der Waals surface area contributed by atoms with Gasteiger partial charge in [-0.1, -0.05) is 29.8 Å². The smallest absolute Gasteiger partial charge is 0.272 e. The monoisotopic (exact) mass is 443 g/mol. The van der Waals surface area contributed by atoms with Gasteiger partial charge in [0.05, 0.1) is 17.0 Å². The van der Waals surface area contributed by atoms with E-state index in [-0.39, 0.29) is 17.4 Å². The van der Waals surface area contributed by atoms with Crippen molar-refractivity contribution in [2.45, 2.75) is 46.1 Å². The Kier molecular flexibility index (Phi) is 5.28. The molecule has 1 saturated heterocycles. The summed E-state index contributed by atoms with van der Waals surface area (Å²) in [7, 11) is 0. The molecular weight excluding hydrogens is 418 g/mol. The van der Waals surface area contributed by atoms with Gasteiger partial charge >= 0.3 is 0 Å². The van der Waals surface area contributed by atoms with Gasteiger partial charge in [0.1, 0.15) is 5.69 Å². The average Bonchev–Trinajstić information content (AvgIpc) is 3.44. The quantitative estimate of drug-likeness (QED) is 0.463. The van der Waals surface area contributed by atoms with E-state index in [1.54, 1.807) is 16.4 Å². The van der Waals surface area contributed by atoms with Crippen LogP contribution in [-0.4, -0.2) is 32.1 Å². The third-order valence-corrected chi connectivity index (χ3v) is 6.08. The molecule has 4 aromatic rings. The summed E-state index contributed by atoms with van der Waals surface area (Å²) in [5, 5.41) is 4.16. The molecule has 8 nitrogen and oxygen atoms in total. The fourth-order valence-electron chi connectivity index (χ4n) is 4.32. The molecule has 0 spiro atoms. The Balaban J connectivity index is 1.43. The van der Waals surface area contributed by atoms with Crippen LogP contribution in [0.5, 0.6) is 0 Å². The van der Waals surface area contributed by atoms with Crippen LogP contribution in [0.4, 0.5) is 5.69 Å². The van der Waals surface area contributed by atoms with Crippen LogP contribution in [0.25, 0.3) is 22.4 Å². The normalized spacial score (nSPS) is 16.2. The van der Waals surface area contributed by atoms with E-state index in [4.69, 9.17) is 4.52 Å². The zero-order valence-electron chi connectivity index (χ0n) is 18.9. The molecule has 0 radical (unpaired) electrons. The summed E-state index contributed by atoms with van der Waals surface area (Å²) in [6, 6.07) is 13.5. The van der Waals surface area contributed by atoms with Gasteiger partial charge in [-0.05, 0) is 50.6 Å². The first kappa shape index (κ1) is 21.1. The van der Waals surface area contributed by atoms with Gasteiger partial charge in [-0.2, -0.15) is 4.98 Å². The maximum absolute atomic E-state index is 12.6. The number of fused-ring (bicyclic) bond motifs is 1. The molecule has 2 aromatic heterocycles. The van der Waals surface area contributed by atoms with Crippen LogP contribution >= 0.6 is 0 Å². The molecule has 1 aliphatic heterocycles. The highest BCUT2D eigenvalue weighted by atomic mass is 16.5. The second-order valence-electron chi connectivity index (χ2n) is 8.55. The molecule has 1 atom stereocenters. The van der Waals surface area contributed by atoms with Crippen molar-refractivity contribution in [2.75, 3.05) is 11.4 Å². The number of rotatable bonds is 5. The first-order valence-corrected chi connectivity index (χ1v) is 11.2. The van der Waals surface area contributed by atoms with Crippen molar-refractivity contribution in [2.24, 2.45) is 0 Å². The van der Waals surface area contributed by atoms with Gasteiger partial charge in [0.25, 0.3) is 5.56 Å². The lowest BCUT2D eigenvalue weighted by Crippen LogP contribution is -2.24.